The molecule has 0 saturated carbocycles. The summed E-state index contributed by atoms with van der Waals surface area (Å²) in [7, 11) is 0. The van der Waals surface area contributed by atoms with E-state index in [2.05, 4.69) is 11.5 Å². The van der Waals surface area contributed by atoms with Gasteiger partial charge in [0.2, 0.25) is 0 Å². The fourth-order valence-corrected chi connectivity index (χ4v) is 3.35. The van der Waals surface area contributed by atoms with Gasteiger partial charge < -0.3 is 9.30 Å². The smallest absolute Gasteiger partial charge is 0.128 e. The van der Waals surface area contributed by atoms with Crippen molar-refractivity contribution in [2.75, 3.05) is 13.2 Å². The summed E-state index contributed by atoms with van der Waals surface area (Å²) < 4.78 is 7.75. The third kappa shape index (κ3) is 2.22. The van der Waals surface area contributed by atoms with Crippen LogP contribution in [0.2, 0.25) is 5.02 Å². The van der Waals surface area contributed by atoms with Crippen LogP contribution in [0.3, 0.4) is 0 Å². The zero-order valence-corrected chi connectivity index (χ0v) is 13.2. The first kappa shape index (κ1) is 14.2. The highest BCUT2D eigenvalue weighted by atomic mass is 35.5. The minimum absolute atomic E-state index is 0.0452. The van der Waals surface area contributed by atoms with Crippen LogP contribution in [0.4, 0.5) is 0 Å². The number of hydrogen-bond donors (Lipinski definition) is 0. The zero-order valence-electron chi connectivity index (χ0n) is 11.7. The van der Waals surface area contributed by atoms with Crippen LogP contribution in [-0.2, 0) is 10.3 Å². The van der Waals surface area contributed by atoms with Crippen molar-refractivity contribution in [3.63, 3.8) is 0 Å². The summed E-state index contributed by atoms with van der Waals surface area (Å²) in [6, 6.07) is 5.83. The maximum Gasteiger partial charge on any atom is 0.128 e. The summed E-state index contributed by atoms with van der Waals surface area (Å²) in [5.74, 6) is 0.888. The Morgan fingerprint density at radius 1 is 1.35 bits per heavy atom. The number of imidazole rings is 1. The fourth-order valence-electron chi connectivity index (χ4n) is 2.95. The van der Waals surface area contributed by atoms with Crippen LogP contribution in [0.1, 0.15) is 37.9 Å². The Morgan fingerprint density at radius 2 is 2.05 bits per heavy atom. The normalized spacial score (nSPS) is 20.2. The van der Waals surface area contributed by atoms with E-state index in [0.717, 1.165) is 47.9 Å². The van der Waals surface area contributed by atoms with E-state index in [9.17, 15) is 0 Å². The summed E-state index contributed by atoms with van der Waals surface area (Å²) in [4.78, 5) is 4.70. The van der Waals surface area contributed by atoms with E-state index in [-0.39, 0.29) is 10.9 Å². The molecule has 108 valence electrons. The summed E-state index contributed by atoms with van der Waals surface area (Å²) in [5, 5.41) is 0.574. The largest absolute Gasteiger partial charge is 0.381 e. The highest BCUT2D eigenvalue weighted by Crippen LogP contribution is 2.38. The molecule has 3 nitrogen and oxygen atoms in total. The fraction of sp³-hybridized carbons (Fsp3) is 0.533. The predicted molar refractivity (Wildman–Crippen MR) is 82.7 cm³/mol. The second-order valence-corrected chi connectivity index (χ2v) is 6.70. The van der Waals surface area contributed by atoms with Crippen molar-refractivity contribution < 1.29 is 4.74 Å². The van der Waals surface area contributed by atoms with Crippen molar-refractivity contribution in [1.82, 2.24) is 9.55 Å². The summed E-state index contributed by atoms with van der Waals surface area (Å²) >= 11 is 12.8. The van der Waals surface area contributed by atoms with Crippen molar-refractivity contribution in [2.24, 2.45) is 0 Å². The quantitative estimate of drug-likeness (QED) is 0.763. The number of para-hydroxylation sites is 1. The third-order valence-corrected chi connectivity index (χ3v) is 4.62. The van der Waals surface area contributed by atoms with Gasteiger partial charge >= 0.3 is 0 Å². The van der Waals surface area contributed by atoms with Crippen LogP contribution < -0.4 is 0 Å². The maximum absolute atomic E-state index is 6.43. The second-order valence-electron chi connectivity index (χ2n) is 5.64. The number of halogens is 2. The van der Waals surface area contributed by atoms with Gasteiger partial charge in [-0.1, -0.05) is 17.7 Å². The molecular formula is C15H18Cl2N2O. The van der Waals surface area contributed by atoms with Crippen molar-refractivity contribution in [1.29, 1.82) is 0 Å². The van der Waals surface area contributed by atoms with Gasteiger partial charge in [0.1, 0.15) is 5.82 Å². The molecule has 1 aliphatic rings. The minimum atomic E-state index is -0.155. The summed E-state index contributed by atoms with van der Waals surface area (Å²) in [6.07, 6.45) is 1.89. The van der Waals surface area contributed by atoms with Crippen molar-refractivity contribution >= 4 is 34.2 Å². The average molecular weight is 313 g/mol. The number of rotatable bonds is 2. The number of aromatic nitrogens is 2. The van der Waals surface area contributed by atoms with Gasteiger partial charge in [-0.15, -0.1) is 11.6 Å². The van der Waals surface area contributed by atoms with Crippen LogP contribution in [0, 0.1) is 0 Å². The van der Waals surface area contributed by atoms with Gasteiger partial charge in [-0.2, -0.15) is 0 Å². The SMILES string of the molecule is CC(Cl)c1nc2cccc(Cl)c2n1C1(C)CCOCC1. The first-order valence-corrected chi connectivity index (χ1v) is 7.73. The molecule has 1 saturated heterocycles. The number of nitrogens with zero attached hydrogens (tertiary/aromatic N) is 2. The van der Waals surface area contributed by atoms with E-state index in [1.54, 1.807) is 0 Å². The van der Waals surface area contributed by atoms with Crippen molar-refractivity contribution in [3.05, 3.63) is 29.0 Å². The monoisotopic (exact) mass is 312 g/mol. The number of hydrogen-bond acceptors (Lipinski definition) is 2. The molecule has 1 aromatic carbocycles. The van der Waals surface area contributed by atoms with Gasteiger partial charge in [0.05, 0.1) is 21.4 Å². The lowest BCUT2D eigenvalue weighted by atomic mass is 9.91. The van der Waals surface area contributed by atoms with E-state index in [4.69, 9.17) is 32.9 Å². The lowest BCUT2D eigenvalue weighted by Crippen LogP contribution is -2.37. The van der Waals surface area contributed by atoms with Crippen LogP contribution in [0.25, 0.3) is 11.0 Å². The first-order valence-electron chi connectivity index (χ1n) is 6.92. The topological polar surface area (TPSA) is 27.1 Å². The Bertz CT molecular complexity index is 630. The van der Waals surface area contributed by atoms with Crippen LogP contribution >= 0.6 is 23.2 Å². The van der Waals surface area contributed by atoms with Gasteiger partial charge in [0.15, 0.2) is 0 Å². The molecule has 0 amide bonds. The molecule has 5 heteroatoms. The Labute approximate surface area is 128 Å². The molecule has 0 N–H and O–H groups in total. The predicted octanol–water partition coefficient (Wildman–Crippen LogP) is 4.52. The molecule has 2 aromatic rings. The number of ether oxygens (including phenoxy) is 1. The van der Waals surface area contributed by atoms with Gasteiger partial charge in [-0.3, -0.25) is 0 Å². The van der Waals surface area contributed by atoms with E-state index in [1.807, 2.05) is 25.1 Å². The van der Waals surface area contributed by atoms with Gasteiger partial charge in [-0.25, -0.2) is 4.98 Å². The third-order valence-electron chi connectivity index (χ3n) is 4.12. The zero-order chi connectivity index (χ0) is 14.3. The lowest BCUT2D eigenvalue weighted by molar-refractivity contribution is 0.0300. The Kier molecular flexibility index (Phi) is 3.69. The molecule has 0 bridgehead atoms. The van der Waals surface area contributed by atoms with Crippen LogP contribution in [0.5, 0.6) is 0 Å². The van der Waals surface area contributed by atoms with Gasteiger partial charge in [0, 0.05) is 18.8 Å². The molecular weight excluding hydrogens is 295 g/mol. The molecule has 0 radical (unpaired) electrons. The molecule has 1 aromatic heterocycles. The van der Waals surface area contributed by atoms with E-state index in [0.29, 0.717) is 0 Å². The Hall–Kier alpha value is -0.770. The molecule has 1 unspecified atom stereocenters. The van der Waals surface area contributed by atoms with E-state index >= 15 is 0 Å². The average Bonchev–Trinajstić information content (AvgIpc) is 2.81. The molecule has 1 atom stereocenters. The second kappa shape index (κ2) is 5.21. The summed E-state index contributed by atoms with van der Waals surface area (Å²) in [5.41, 5.74) is 1.85. The van der Waals surface area contributed by atoms with Crippen molar-refractivity contribution in [3.8, 4) is 0 Å². The highest BCUT2D eigenvalue weighted by Gasteiger charge is 2.34. The molecule has 0 spiro atoms. The van der Waals surface area contributed by atoms with Gasteiger partial charge in [-0.05, 0) is 38.8 Å². The standard InChI is InChI=1S/C15H18Cl2N2O/c1-10(16)14-18-12-5-3-4-11(17)13(12)19(14)15(2)6-8-20-9-7-15/h3-5,10H,6-9H2,1-2H3. The van der Waals surface area contributed by atoms with Crippen LogP contribution in [0.15, 0.2) is 18.2 Å². The number of alkyl halides is 1. The minimum Gasteiger partial charge on any atom is -0.381 e. The summed E-state index contributed by atoms with van der Waals surface area (Å²) in [6.45, 7) is 5.71. The first-order chi connectivity index (χ1) is 9.53. The number of fused-ring (bicyclic) bond motifs is 1. The van der Waals surface area contributed by atoms with Gasteiger partial charge in [0.25, 0.3) is 0 Å². The lowest BCUT2D eigenvalue weighted by Gasteiger charge is -2.37. The number of benzene rings is 1. The van der Waals surface area contributed by atoms with Crippen molar-refractivity contribution in [2.45, 2.75) is 37.6 Å². The molecule has 20 heavy (non-hydrogen) atoms. The highest BCUT2D eigenvalue weighted by molar-refractivity contribution is 6.35. The molecule has 2 heterocycles. The van der Waals surface area contributed by atoms with E-state index < -0.39 is 0 Å². The maximum atomic E-state index is 6.43. The Balaban J connectivity index is 2.28. The molecule has 1 aliphatic heterocycles. The molecule has 0 aliphatic carbocycles. The Morgan fingerprint density at radius 3 is 2.70 bits per heavy atom. The molecule has 3 rings (SSSR count). The molecule has 1 fully saturated rings. The van der Waals surface area contributed by atoms with E-state index in [1.165, 1.54) is 0 Å². The van der Waals surface area contributed by atoms with Crippen LogP contribution in [-0.4, -0.2) is 22.8 Å².